The second-order valence-electron chi connectivity index (χ2n) is 4.32. The molecule has 0 bridgehead atoms. The van der Waals surface area contributed by atoms with Crippen LogP contribution in [0.5, 0.6) is 0 Å². The van der Waals surface area contributed by atoms with Gasteiger partial charge < -0.3 is 5.73 Å². The van der Waals surface area contributed by atoms with E-state index in [1.807, 2.05) is 44.2 Å². The second-order valence-corrected chi connectivity index (χ2v) is 4.32. The molecular weight excluding hydrogens is 226 g/mol. The minimum atomic E-state index is 0.748. The molecular formula is C13H13N5. The van der Waals surface area contributed by atoms with Crippen LogP contribution in [0.25, 0.3) is 16.9 Å². The minimum absolute atomic E-state index is 0.748. The summed E-state index contributed by atoms with van der Waals surface area (Å²) >= 11 is 0. The summed E-state index contributed by atoms with van der Waals surface area (Å²) in [6.07, 6.45) is 0. The molecule has 0 fully saturated rings. The summed E-state index contributed by atoms with van der Waals surface area (Å²) in [7, 11) is 0. The lowest BCUT2D eigenvalue weighted by Crippen LogP contribution is -1.99. The van der Waals surface area contributed by atoms with Crippen LogP contribution in [0.2, 0.25) is 0 Å². The van der Waals surface area contributed by atoms with E-state index < -0.39 is 0 Å². The highest BCUT2D eigenvalue weighted by Crippen LogP contribution is 2.22. The lowest BCUT2D eigenvalue weighted by atomic mass is 10.1. The molecule has 3 aromatic rings. The van der Waals surface area contributed by atoms with Crippen molar-refractivity contribution in [2.75, 3.05) is 5.73 Å². The molecule has 90 valence electrons. The van der Waals surface area contributed by atoms with E-state index in [0.717, 1.165) is 34.0 Å². The van der Waals surface area contributed by atoms with Crippen molar-refractivity contribution in [1.82, 2.24) is 19.8 Å². The fraction of sp³-hybridized carbons (Fsp3) is 0.154. The predicted octanol–water partition coefficient (Wildman–Crippen LogP) is 1.99. The van der Waals surface area contributed by atoms with Crippen molar-refractivity contribution in [1.29, 1.82) is 0 Å². The number of nitrogen functional groups attached to an aromatic ring is 1. The van der Waals surface area contributed by atoms with Gasteiger partial charge in [-0.25, -0.2) is 0 Å². The fourth-order valence-electron chi connectivity index (χ4n) is 1.95. The van der Waals surface area contributed by atoms with Crippen LogP contribution in [0.3, 0.4) is 0 Å². The number of hydrogen-bond acceptors (Lipinski definition) is 4. The lowest BCUT2D eigenvalue weighted by Gasteiger charge is -2.06. The topological polar surface area (TPSA) is 69.1 Å². The Bertz CT molecular complexity index is 712. The van der Waals surface area contributed by atoms with Gasteiger partial charge in [-0.3, -0.25) is 0 Å². The molecule has 0 amide bonds. The summed E-state index contributed by atoms with van der Waals surface area (Å²) in [6, 6.07) is 9.67. The molecule has 0 radical (unpaired) electrons. The van der Waals surface area contributed by atoms with Gasteiger partial charge in [0.05, 0.1) is 5.69 Å². The van der Waals surface area contributed by atoms with Crippen LogP contribution >= 0.6 is 0 Å². The predicted molar refractivity (Wildman–Crippen MR) is 70.1 cm³/mol. The summed E-state index contributed by atoms with van der Waals surface area (Å²) in [6.45, 7) is 3.90. The Balaban J connectivity index is 2.24. The van der Waals surface area contributed by atoms with Crippen molar-refractivity contribution >= 4 is 11.3 Å². The zero-order valence-corrected chi connectivity index (χ0v) is 10.3. The third-order valence-corrected chi connectivity index (χ3v) is 2.92. The van der Waals surface area contributed by atoms with Gasteiger partial charge in [-0.15, -0.1) is 10.2 Å². The van der Waals surface area contributed by atoms with Crippen molar-refractivity contribution in [3.05, 3.63) is 41.7 Å². The maximum Gasteiger partial charge on any atom is 0.178 e. The van der Waals surface area contributed by atoms with Crippen LogP contribution in [-0.2, 0) is 0 Å². The van der Waals surface area contributed by atoms with Crippen molar-refractivity contribution in [2.45, 2.75) is 13.8 Å². The first-order valence-electron chi connectivity index (χ1n) is 5.71. The highest BCUT2D eigenvalue weighted by atomic mass is 15.4. The molecule has 0 aliphatic carbocycles. The summed E-state index contributed by atoms with van der Waals surface area (Å²) in [5.41, 5.74) is 10.2. The molecule has 2 heterocycles. The van der Waals surface area contributed by atoms with Gasteiger partial charge in [-0.1, -0.05) is 12.1 Å². The third kappa shape index (κ3) is 1.60. The summed E-state index contributed by atoms with van der Waals surface area (Å²) in [4.78, 5) is 0. The Hall–Kier alpha value is -2.43. The summed E-state index contributed by atoms with van der Waals surface area (Å²) in [5, 5.41) is 12.7. The van der Waals surface area contributed by atoms with E-state index in [2.05, 4.69) is 15.3 Å². The SMILES string of the molecule is Cc1cc2nnc(C)n2nc1-c1ccc(N)cc1. The van der Waals surface area contributed by atoms with Crippen LogP contribution in [0.15, 0.2) is 30.3 Å². The number of nitrogens with two attached hydrogens (primary N) is 1. The molecule has 0 spiro atoms. The minimum Gasteiger partial charge on any atom is -0.399 e. The number of aromatic nitrogens is 4. The highest BCUT2D eigenvalue weighted by molar-refractivity contribution is 5.66. The first-order valence-corrected chi connectivity index (χ1v) is 5.71. The monoisotopic (exact) mass is 239 g/mol. The number of hydrogen-bond donors (Lipinski definition) is 1. The molecule has 0 unspecified atom stereocenters. The molecule has 2 aromatic heterocycles. The second kappa shape index (κ2) is 3.80. The first kappa shape index (κ1) is 10.7. The number of aryl methyl sites for hydroxylation is 2. The van der Waals surface area contributed by atoms with Gasteiger partial charge in [0.25, 0.3) is 0 Å². The van der Waals surface area contributed by atoms with E-state index in [4.69, 9.17) is 5.73 Å². The third-order valence-electron chi connectivity index (χ3n) is 2.92. The van der Waals surface area contributed by atoms with Gasteiger partial charge in [0, 0.05) is 11.3 Å². The van der Waals surface area contributed by atoms with E-state index in [0.29, 0.717) is 0 Å². The van der Waals surface area contributed by atoms with Gasteiger partial charge in [-0.2, -0.15) is 9.61 Å². The first-order chi connectivity index (χ1) is 8.65. The zero-order chi connectivity index (χ0) is 12.7. The number of nitrogens with zero attached hydrogens (tertiary/aromatic N) is 4. The molecule has 5 nitrogen and oxygen atoms in total. The molecule has 0 saturated carbocycles. The molecule has 0 saturated heterocycles. The molecule has 1 aromatic carbocycles. The molecule has 0 atom stereocenters. The van der Waals surface area contributed by atoms with Crippen LogP contribution in [0.4, 0.5) is 5.69 Å². The Morgan fingerprint density at radius 2 is 1.78 bits per heavy atom. The largest absolute Gasteiger partial charge is 0.399 e. The standard InChI is InChI=1S/C13H13N5/c1-8-7-12-16-15-9(2)18(12)17-13(8)10-3-5-11(14)6-4-10/h3-7H,14H2,1-2H3. The molecule has 0 aliphatic rings. The van der Waals surface area contributed by atoms with Gasteiger partial charge in [0.1, 0.15) is 0 Å². The van der Waals surface area contributed by atoms with Gasteiger partial charge in [-0.05, 0) is 37.6 Å². The average Bonchev–Trinajstić information content (AvgIpc) is 2.71. The van der Waals surface area contributed by atoms with Gasteiger partial charge in [0.15, 0.2) is 11.5 Å². The molecule has 0 aliphatic heterocycles. The number of benzene rings is 1. The van der Waals surface area contributed by atoms with Crippen LogP contribution in [0, 0.1) is 13.8 Å². The van der Waals surface area contributed by atoms with Gasteiger partial charge in [0.2, 0.25) is 0 Å². The number of fused-ring (bicyclic) bond motifs is 1. The summed E-state index contributed by atoms with van der Waals surface area (Å²) < 4.78 is 1.75. The maximum absolute atomic E-state index is 5.70. The van der Waals surface area contributed by atoms with Crippen molar-refractivity contribution in [3.63, 3.8) is 0 Å². The molecule has 5 heteroatoms. The Morgan fingerprint density at radius 3 is 2.50 bits per heavy atom. The van der Waals surface area contributed by atoms with E-state index in [9.17, 15) is 0 Å². The molecule has 18 heavy (non-hydrogen) atoms. The quantitative estimate of drug-likeness (QED) is 0.659. The van der Waals surface area contributed by atoms with Gasteiger partial charge >= 0.3 is 0 Å². The van der Waals surface area contributed by atoms with Crippen LogP contribution in [0.1, 0.15) is 11.4 Å². The maximum atomic E-state index is 5.70. The summed E-state index contributed by atoms with van der Waals surface area (Å²) in [5.74, 6) is 0.779. The van der Waals surface area contributed by atoms with Crippen molar-refractivity contribution in [3.8, 4) is 11.3 Å². The van der Waals surface area contributed by atoms with E-state index in [-0.39, 0.29) is 0 Å². The van der Waals surface area contributed by atoms with Crippen LogP contribution in [-0.4, -0.2) is 19.8 Å². The molecule has 3 rings (SSSR count). The molecule has 2 N–H and O–H groups in total. The normalized spacial score (nSPS) is 11.0. The Labute approximate surface area is 104 Å². The van der Waals surface area contributed by atoms with E-state index in [1.54, 1.807) is 4.52 Å². The number of anilines is 1. The highest BCUT2D eigenvalue weighted by Gasteiger charge is 2.09. The number of rotatable bonds is 1. The fourth-order valence-corrected chi connectivity index (χ4v) is 1.95. The Morgan fingerprint density at radius 1 is 1.06 bits per heavy atom. The smallest absolute Gasteiger partial charge is 0.178 e. The lowest BCUT2D eigenvalue weighted by molar-refractivity contribution is 0.875. The van der Waals surface area contributed by atoms with Crippen molar-refractivity contribution in [2.24, 2.45) is 0 Å². The van der Waals surface area contributed by atoms with E-state index >= 15 is 0 Å². The van der Waals surface area contributed by atoms with Crippen LogP contribution < -0.4 is 5.73 Å². The van der Waals surface area contributed by atoms with E-state index in [1.165, 1.54) is 0 Å². The Kier molecular flexibility index (Phi) is 2.26. The zero-order valence-electron chi connectivity index (χ0n) is 10.3. The average molecular weight is 239 g/mol. The van der Waals surface area contributed by atoms with Crippen molar-refractivity contribution < 1.29 is 0 Å².